The molecule has 3 fully saturated rings. The molecule has 3 aliphatic heterocycles. The molecule has 3 heterocycles. The predicted molar refractivity (Wildman–Crippen MR) is 174 cm³/mol. The monoisotopic (exact) mass is 578 g/mol. The van der Waals surface area contributed by atoms with Crippen molar-refractivity contribution < 1.29 is 4.79 Å². The molecule has 5 N–H and O–H groups in total. The van der Waals surface area contributed by atoms with Crippen LogP contribution in [0.4, 0.5) is 0 Å². The van der Waals surface area contributed by atoms with Crippen molar-refractivity contribution in [3.05, 3.63) is 34.9 Å². The number of hydrogen-bond acceptors (Lipinski definition) is 6. The van der Waals surface area contributed by atoms with Crippen molar-refractivity contribution in [3.8, 4) is 0 Å². The standard InChI is InChI=1S/C35H58N6O/c1-25-13-14-36-24-33(25)29-18-27(21-41-35-37-15-16-38-35)19-30(20-29)34(42)40-23-31-22-39-26(2)17-32(31)28-11-9-7-5-3-4-6-8-10-12-28/h18-20,25-26,28,31-33,36,39H,3-17,21-24H2,1-2H3,(H,40,42)(H2,37,38,41). The maximum Gasteiger partial charge on any atom is 0.251 e. The fourth-order valence-corrected chi connectivity index (χ4v) is 8.06. The zero-order chi connectivity index (χ0) is 29.1. The van der Waals surface area contributed by atoms with E-state index in [0.717, 1.165) is 62.3 Å². The molecule has 0 aromatic heterocycles. The number of carbonyl (C=O) groups is 1. The number of piperidine rings is 2. The molecule has 1 amide bonds. The Morgan fingerprint density at radius 2 is 1.69 bits per heavy atom. The number of nitrogens with zero attached hydrogens (tertiary/aromatic N) is 1. The Balaban J connectivity index is 1.27. The van der Waals surface area contributed by atoms with Crippen molar-refractivity contribution in [2.45, 2.75) is 109 Å². The number of rotatable bonds is 7. The van der Waals surface area contributed by atoms with Crippen LogP contribution in [-0.4, -0.2) is 57.2 Å². The van der Waals surface area contributed by atoms with Crippen molar-refractivity contribution >= 4 is 11.9 Å². The number of guanidine groups is 1. The molecule has 1 aromatic carbocycles. The molecular formula is C35H58N6O. The third-order valence-electron chi connectivity index (χ3n) is 10.7. The number of nitrogens with one attached hydrogen (secondary N) is 5. The van der Waals surface area contributed by atoms with Gasteiger partial charge < -0.3 is 26.6 Å². The number of benzene rings is 1. The van der Waals surface area contributed by atoms with E-state index in [2.05, 4.69) is 63.6 Å². The van der Waals surface area contributed by atoms with Gasteiger partial charge in [-0.25, -0.2) is 0 Å². The molecule has 234 valence electrons. The minimum absolute atomic E-state index is 0.0747. The van der Waals surface area contributed by atoms with Crippen LogP contribution in [-0.2, 0) is 6.54 Å². The molecule has 7 heteroatoms. The Morgan fingerprint density at radius 3 is 2.40 bits per heavy atom. The molecule has 0 radical (unpaired) electrons. The van der Waals surface area contributed by atoms with Gasteiger partial charge in [-0.05, 0) is 79.2 Å². The van der Waals surface area contributed by atoms with E-state index < -0.39 is 0 Å². The first kappa shape index (κ1) is 31.3. The average Bonchev–Trinajstić information content (AvgIpc) is 3.51. The fourth-order valence-electron chi connectivity index (χ4n) is 8.06. The van der Waals surface area contributed by atoms with Crippen LogP contribution in [0.1, 0.15) is 118 Å². The minimum Gasteiger partial charge on any atom is -0.355 e. The lowest BCUT2D eigenvalue weighted by Gasteiger charge is -2.41. The second-order valence-electron chi connectivity index (χ2n) is 13.9. The second-order valence-corrected chi connectivity index (χ2v) is 13.9. The maximum atomic E-state index is 13.8. The van der Waals surface area contributed by atoms with Crippen molar-refractivity contribution in [3.63, 3.8) is 0 Å². The van der Waals surface area contributed by atoms with Crippen LogP contribution in [0.15, 0.2) is 23.2 Å². The first-order chi connectivity index (χ1) is 20.6. The molecule has 1 saturated carbocycles. The molecular weight excluding hydrogens is 520 g/mol. The first-order valence-electron chi connectivity index (χ1n) is 17.4. The Labute approximate surface area is 255 Å². The highest BCUT2D eigenvalue weighted by Gasteiger charge is 2.34. The van der Waals surface area contributed by atoms with Gasteiger partial charge in [-0.2, -0.15) is 0 Å². The minimum atomic E-state index is 0.0747. The summed E-state index contributed by atoms with van der Waals surface area (Å²) in [5.41, 5.74) is 3.23. The molecule has 5 rings (SSSR count). The van der Waals surface area contributed by atoms with E-state index >= 15 is 0 Å². The third kappa shape index (κ3) is 8.95. The summed E-state index contributed by atoms with van der Waals surface area (Å²) >= 11 is 0. The summed E-state index contributed by atoms with van der Waals surface area (Å²) in [7, 11) is 0. The smallest absolute Gasteiger partial charge is 0.251 e. The molecule has 1 aromatic rings. The van der Waals surface area contributed by atoms with Crippen LogP contribution >= 0.6 is 0 Å². The van der Waals surface area contributed by atoms with Crippen molar-refractivity contribution in [1.82, 2.24) is 26.6 Å². The van der Waals surface area contributed by atoms with Crippen LogP contribution in [0.2, 0.25) is 0 Å². The summed E-state index contributed by atoms with van der Waals surface area (Å²) in [6.45, 7) is 10.9. The average molecular weight is 579 g/mol. The number of amides is 1. The molecule has 42 heavy (non-hydrogen) atoms. The third-order valence-corrected chi connectivity index (χ3v) is 10.7. The molecule has 2 saturated heterocycles. The van der Waals surface area contributed by atoms with Crippen molar-refractivity contribution in [1.29, 1.82) is 0 Å². The van der Waals surface area contributed by atoms with Gasteiger partial charge in [-0.15, -0.1) is 0 Å². The largest absolute Gasteiger partial charge is 0.355 e. The number of hydrogen-bond donors (Lipinski definition) is 5. The number of aliphatic imine (C=N–C) groups is 1. The SMILES string of the molecule is CC1CC(C2CCCCCCCCCC2)C(CNC(=O)c2cc(CNC3=NCCN3)cc(C3CNCCC3C)c2)CN1. The molecule has 0 bridgehead atoms. The molecule has 1 aliphatic carbocycles. The Bertz CT molecular complexity index is 1010. The van der Waals surface area contributed by atoms with Gasteiger partial charge in [0.15, 0.2) is 5.96 Å². The van der Waals surface area contributed by atoms with Crippen LogP contribution in [0.25, 0.3) is 0 Å². The highest BCUT2D eigenvalue weighted by atomic mass is 16.1. The first-order valence-corrected chi connectivity index (χ1v) is 17.4. The lowest BCUT2D eigenvalue weighted by molar-refractivity contribution is 0.0903. The Morgan fingerprint density at radius 1 is 0.929 bits per heavy atom. The van der Waals surface area contributed by atoms with Crippen LogP contribution in [0, 0.1) is 23.7 Å². The topological polar surface area (TPSA) is 89.6 Å². The summed E-state index contributed by atoms with van der Waals surface area (Å²) in [6, 6.07) is 7.13. The van der Waals surface area contributed by atoms with E-state index in [1.807, 2.05) is 0 Å². The maximum absolute atomic E-state index is 13.8. The van der Waals surface area contributed by atoms with Gasteiger partial charge >= 0.3 is 0 Å². The lowest BCUT2D eigenvalue weighted by atomic mass is 9.71. The normalized spacial score (nSPS) is 30.0. The van der Waals surface area contributed by atoms with E-state index in [9.17, 15) is 4.79 Å². The Kier molecular flexibility index (Phi) is 12.0. The fraction of sp³-hybridized carbons (Fsp3) is 0.771. The van der Waals surface area contributed by atoms with Gasteiger partial charge in [0.1, 0.15) is 0 Å². The number of carbonyl (C=O) groups excluding carboxylic acids is 1. The summed E-state index contributed by atoms with van der Waals surface area (Å²) in [5.74, 6) is 3.95. The summed E-state index contributed by atoms with van der Waals surface area (Å²) in [4.78, 5) is 18.3. The second kappa shape index (κ2) is 16.1. The summed E-state index contributed by atoms with van der Waals surface area (Å²) < 4.78 is 0. The highest BCUT2D eigenvalue weighted by molar-refractivity contribution is 5.94. The van der Waals surface area contributed by atoms with Crippen LogP contribution in [0.5, 0.6) is 0 Å². The van der Waals surface area contributed by atoms with Gasteiger partial charge in [-0.1, -0.05) is 77.2 Å². The predicted octanol–water partition coefficient (Wildman–Crippen LogP) is 5.32. The van der Waals surface area contributed by atoms with Gasteiger partial charge in [0.25, 0.3) is 5.91 Å². The quantitative estimate of drug-likeness (QED) is 0.302. The van der Waals surface area contributed by atoms with E-state index in [-0.39, 0.29) is 5.91 Å². The van der Waals surface area contributed by atoms with Gasteiger partial charge in [0.2, 0.25) is 0 Å². The molecule has 7 nitrogen and oxygen atoms in total. The molecule has 4 aliphatic rings. The van der Waals surface area contributed by atoms with Gasteiger partial charge in [-0.3, -0.25) is 9.79 Å². The van der Waals surface area contributed by atoms with E-state index in [1.165, 1.54) is 82.6 Å². The van der Waals surface area contributed by atoms with Crippen molar-refractivity contribution in [2.75, 3.05) is 39.3 Å². The highest BCUT2D eigenvalue weighted by Crippen LogP contribution is 2.36. The summed E-state index contributed by atoms with van der Waals surface area (Å²) in [6.07, 6.45) is 16.3. The molecule has 5 unspecified atom stereocenters. The van der Waals surface area contributed by atoms with Crippen LogP contribution < -0.4 is 26.6 Å². The Hall–Kier alpha value is -2.12. The summed E-state index contributed by atoms with van der Waals surface area (Å²) in [5, 5.41) is 17.5. The van der Waals surface area contributed by atoms with Gasteiger partial charge in [0.05, 0.1) is 6.54 Å². The van der Waals surface area contributed by atoms with Crippen LogP contribution in [0.3, 0.4) is 0 Å². The van der Waals surface area contributed by atoms with Gasteiger partial charge in [0, 0.05) is 44.3 Å². The van der Waals surface area contributed by atoms with E-state index in [0.29, 0.717) is 36.3 Å². The lowest BCUT2D eigenvalue weighted by Crippen LogP contribution is -2.49. The zero-order valence-electron chi connectivity index (χ0n) is 26.5. The van der Waals surface area contributed by atoms with Crippen molar-refractivity contribution in [2.24, 2.45) is 28.7 Å². The molecule has 0 spiro atoms. The zero-order valence-corrected chi connectivity index (χ0v) is 26.5. The molecule has 5 atom stereocenters. The van der Waals surface area contributed by atoms with E-state index in [1.54, 1.807) is 0 Å². The van der Waals surface area contributed by atoms with E-state index in [4.69, 9.17) is 0 Å².